The van der Waals surface area contributed by atoms with E-state index in [4.69, 9.17) is 15.2 Å². The Morgan fingerprint density at radius 3 is 1.92 bits per heavy atom. The fourth-order valence-corrected chi connectivity index (χ4v) is 2.89. The molecule has 0 bridgehead atoms. The molecule has 0 aliphatic heterocycles. The molecule has 134 valence electrons. The van der Waals surface area contributed by atoms with Gasteiger partial charge in [0, 0.05) is 19.9 Å². The summed E-state index contributed by atoms with van der Waals surface area (Å²) in [6.07, 6.45) is -0.650. The Hall–Kier alpha value is -2.33. The molecule has 2 rings (SSSR count). The number of methoxy groups -OCH3 is 2. The summed E-state index contributed by atoms with van der Waals surface area (Å²) >= 11 is 0. The predicted octanol–water partition coefficient (Wildman–Crippen LogP) is 2.58. The van der Waals surface area contributed by atoms with Gasteiger partial charge in [0.1, 0.15) is 0 Å². The van der Waals surface area contributed by atoms with Crippen LogP contribution in [0.2, 0.25) is 0 Å². The smallest absolute Gasteiger partial charge is 0.240 e. The first-order chi connectivity index (χ1) is 11.9. The summed E-state index contributed by atoms with van der Waals surface area (Å²) in [7, 11) is -0.793. The molecule has 0 amide bonds. The lowest BCUT2D eigenvalue weighted by Crippen LogP contribution is -2.34. The molecular formula is C16H20N4O4S. The van der Waals surface area contributed by atoms with Crippen molar-refractivity contribution in [3.63, 3.8) is 0 Å². The lowest BCUT2D eigenvalue weighted by Gasteiger charge is -2.14. The number of nitrogens with zero attached hydrogens (tertiary/aromatic N) is 2. The zero-order valence-electron chi connectivity index (χ0n) is 13.9. The van der Waals surface area contributed by atoms with E-state index in [9.17, 15) is 8.42 Å². The van der Waals surface area contributed by atoms with Crippen molar-refractivity contribution in [3.05, 3.63) is 48.5 Å². The number of benzene rings is 2. The molecule has 0 aromatic heterocycles. The Bertz CT molecular complexity index is 801. The number of nitrogens with one attached hydrogen (secondary N) is 1. The van der Waals surface area contributed by atoms with E-state index < -0.39 is 16.3 Å². The van der Waals surface area contributed by atoms with E-state index in [1.807, 2.05) is 0 Å². The molecule has 9 heteroatoms. The number of sulfonamides is 1. The Morgan fingerprint density at radius 2 is 1.44 bits per heavy atom. The predicted molar refractivity (Wildman–Crippen MR) is 94.5 cm³/mol. The second-order valence-corrected chi connectivity index (χ2v) is 6.81. The normalized spacial score (nSPS) is 12.1. The van der Waals surface area contributed by atoms with Gasteiger partial charge in [0.2, 0.25) is 10.0 Å². The van der Waals surface area contributed by atoms with Gasteiger partial charge in [-0.2, -0.15) is 10.2 Å². The minimum Gasteiger partial charge on any atom is -0.399 e. The average molecular weight is 364 g/mol. The van der Waals surface area contributed by atoms with Crippen LogP contribution in [0.25, 0.3) is 0 Å². The Labute approximate surface area is 146 Å². The summed E-state index contributed by atoms with van der Waals surface area (Å²) in [6, 6.07) is 13.0. The molecule has 2 aromatic rings. The maximum atomic E-state index is 12.2. The van der Waals surface area contributed by atoms with Gasteiger partial charge in [-0.05, 0) is 48.5 Å². The van der Waals surface area contributed by atoms with Crippen LogP contribution in [0.15, 0.2) is 63.7 Å². The van der Waals surface area contributed by atoms with E-state index in [2.05, 4.69) is 15.0 Å². The molecule has 2 aromatic carbocycles. The highest BCUT2D eigenvalue weighted by Crippen LogP contribution is 2.21. The van der Waals surface area contributed by atoms with Crippen LogP contribution in [-0.4, -0.2) is 35.5 Å². The SMILES string of the molecule is COC(CNS(=O)(=O)c1ccc(/N=N/c2ccc(N)cc2)cc1)OC. The highest BCUT2D eigenvalue weighted by atomic mass is 32.2. The van der Waals surface area contributed by atoms with E-state index in [0.717, 1.165) is 0 Å². The second kappa shape index (κ2) is 8.67. The van der Waals surface area contributed by atoms with Crippen molar-refractivity contribution in [2.24, 2.45) is 10.2 Å². The van der Waals surface area contributed by atoms with Gasteiger partial charge in [-0.15, -0.1) is 0 Å². The summed E-state index contributed by atoms with van der Waals surface area (Å²) < 4.78 is 36.7. The van der Waals surface area contributed by atoms with Gasteiger partial charge in [0.05, 0.1) is 22.8 Å². The van der Waals surface area contributed by atoms with Crippen molar-refractivity contribution in [1.29, 1.82) is 0 Å². The molecule has 8 nitrogen and oxygen atoms in total. The zero-order chi connectivity index (χ0) is 18.3. The third-order valence-electron chi connectivity index (χ3n) is 3.29. The summed E-state index contributed by atoms with van der Waals surface area (Å²) in [5.41, 5.74) is 7.43. The number of nitrogens with two attached hydrogens (primary N) is 1. The van der Waals surface area contributed by atoms with Gasteiger partial charge < -0.3 is 15.2 Å². The van der Waals surface area contributed by atoms with Crippen molar-refractivity contribution < 1.29 is 17.9 Å². The summed E-state index contributed by atoms with van der Waals surface area (Å²) in [6.45, 7) is 0.00787. The summed E-state index contributed by atoms with van der Waals surface area (Å²) in [5, 5.41) is 8.12. The molecule has 0 radical (unpaired) electrons. The number of rotatable bonds is 8. The average Bonchev–Trinajstić information content (AvgIpc) is 2.62. The molecular weight excluding hydrogens is 344 g/mol. The highest BCUT2D eigenvalue weighted by molar-refractivity contribution is 7.89. The third-order valence-corrected chi connectivity index (χ3v) is 4.73. The van der Waals surface area contributed by atoms with Gasteiger partial charge in [-0.1, -0.05) is 0 Å². The van der Waals surface area contributed by atoms with Crippen LogP contribution in [0.3, 0.4) is 0 Å². The number of hydrogen-bond donors (Lipinski definition) is 2. The van der Waals surface area contributed by atoms with Crippen LogP contribution in [0.1, 0.15) is 0 Å². The van der Waals surface area contributed by atoms with E-state index in [1.54, 1.807) is 36.4 Å². The minimum absolute atomic E-state index is 0.00787. The van der Waals surface area contributed by atoms with E-state index in [-0.39, 0.29) is 11.4 Å². The van der Waals surface area contributed by atoms with E-state index in [1.165, 1.54) is 26.4 Å². The molecule has 0 heterocycles. The molecule has 0 atom stereocenters. The molecule has 0 aliphatic rings. The van der Waals surface area contributed by atoms with Gasteiger partial charge in [0.15, 0.2) is 6.29 Å². The van der Waals surface area contributed by atoms with Crippen molar-refractivity contribution in [2.75, 3.05) is 26.5 Å². The highest BCUT2D eigenvalue weighted by Gasteiger charge is 2.16. The van der Waals surface area contributed by atoms with E-state index in [0.29, 0.717) is 17.1 Å². The van der Waals surface area contributed by atoms with Crippen LogP contribution in [0.5, 0.6) is 0 Å². The lowest BCUT2D eigenvalue weighted by molar-refractivity contribution is -0.0960. The fourth-order valence-electron chi connectivity index (χ4n) is 1.87. The zero-order valence-corrected chi connectivity index (χ0v) is 14.7. The number of anilines is 1. The fraction of sp³-hybridized carbons (Fsp3) is 0.250. The van der Waals surface area contributed by atoms with Crippen LogP contribution in [0.4, 0.5) is 17.1 Å². The minimum atomic E-state index is -3.66. The number of hydrogen-bond acceptors (Lipinski definition) is 7. The Kier molecular flexibility index (Phi) is 6.59. The van der Waals surface area contributed by atoms with Crippen molar-refractivity contribution in [2.45, 2.75) is 11.2 Å². The number of ether oxygens (including phenoxy) is 2. The first kappa shape index (κ1) is 19.0. The van der Waals surface area contributed by atoms with Crippen LogP contribution in [-0.2, 0) is 19.5 Å². The van der Waals surface area contributed by atoms with Gasteiger partial charge in [-0.25, -0.2) is 13.1 Å². The first-order valence-corrected chi connectivity index (χ1v) is 8.85. The second-order valence-electron chi connectivity index (χ2n) is 5.04. The van der Waals surface area contributed by atoms with Gasteiger partial charge in [-0.3, -0.25) is 0 Å². The van der Waals surface area contributed by atoms with Crippen molar-refractivity contribution >= 4 is 27.1 Å². The molecule has 0 saturated carbocycles. The lowest BCUT2D eigenvalue weighted by atomic mass is 10.3. The molecule has 0 unspecified atom stereocenters. The molecule has 3 N–H and O–H groups in total. The van der Waals surface area contributed by atoms with Crippen molar-refractivity contribution in [3.8, 4) is 0 Å². The molecule has 25 heavy (non-hydrogen) atoms. The summed E-state index contributed by atoms with van der Waals surface area (Å²) in [4.78, 5) is 0.116. The van der Waals surface area contributed by atoms with Crippen molar-refractivity contribution in [1.82, 2.24) is 4.72 Å². The van der Waals surface area contributed by atoms with Gasteiger partial charge >= 0.3 is 0 Å². The maximum Gasteiger partial charge on any atom is 0.240 e. The van der Waals surface area contributed by atoms with Crippen LogP contribution in [0, 0.1) is 0 Å². The quantitative estimate of drug-likeness (QED) is 0.424. The standard InChI is InChI=1S/C16H20N4O4S/c1-23-16(24-2)11-18-25(21,22)15-9-7-14(8-10-15)20-19-13-5-3-12(17)4-6-13/h3-10,16,18H,11,17H2,1-2H3/b20-19+. The van der Waals surface area contributed by atoms with E-state index >= 15 is 0 Å². The Balaban J connectivity index is 2.04. The number of azo groups is 1. The maximum absolute atomic E-state index is 12.2. The van der Waals surface area contributed by atoms with Crippen LogP contribution >= 0.6 is 0 Å². The number of nitrogen functional groups attached to an aromatic ring is 1. The van der Waals surface area contributed by atoms with Crippen LogP contribution < -0.4 is 10.5 Å². The molecule has 0 saturated heterocycles. The monoisotopic (exact) mass is 364 g/mol. The van der Waals surface area contributed by atoms with Gasteiger partial charge in [0.25, 0.3) is 0 Å². The largest absolute Gasteiger partial charge is 0.399 e. The molecule has 0 spiro atoms. The third kappa shape index (κ3) is 5.61. The topological polar surface area (TPSA) is 115 Å². The molecule has 0 aliphatic carbocycles. The summed E-state index contributed by atoms with van der Waals surface area (Å²) in [5.74, 6) is 0. The Morgan fingerprint density at radius 1 is 0.960 bits per heavy atom. The molecule has 0 fully saturated rings. The first-order valence-electron chi connectivity index (χ1n) is 7.37.